The molecule has 0 unspecified atom stereocenters. The van der Waals surface area contributed by atoms with Gasteiger partial charge in [0.25, 0.3) is 0 Å². The Bertz CT molecular complexity index is 4960. The van der Waals surface area contributed by atoms with Crippen molar-refractivity contribution in [3.63, 3.8) is 0 Å². The van der Waals surface area contributed by atoms with Gasteiger partial charge in [0.1, 0.15) is 0 Å². The van der Waals surface area contributed by atoms with Crippen LogP contribution >= 0.6 is 0 Å². The molecule has 15 aromatic rings. The molecule has 15 aromatic carbocycles. The minimum Gasteiger partial charge on any atom is -0.0619 e. The second-order valence-corrected chi connectivity index (χ2v) is 38.0. The maximum atomic E-state index is 2.30. The number of rotatable bonds is 16. The first-order chi connectivity index (χ1) is 53.4. The van der Waals surface area contributed by atoms with E-state index in [0.29, 0.717) is 0 Å². The van der Waals surface area contributed by atoms with Gasteiger partial charge in [-0.3, -0.25) is 0 Å². The van der Waals surface area contributed by atoms with Crippen LogP contribution in [0.25, 0.3) is 0 Å². The van der Waals surface area contributed by atoms with Crippen molar-refractivity contribution < 1.29 is 0 Å². The van der Waals surface area contributed by atoms with Gasteiger partial charge in [0.2, 0.25) is 0 Å². The summed E-state index contributed by atoms with van der Waals surface area (Å²) in [5, 5.41) is 0. The Hall–Kier alpha value is -9.95. The van der Waals surface area contributed by atoms with Gasteiger partial charge in [-0.15, -0.1) is 0 Å². The van der Waals surface area contributed by atoms with Gasteiger partial charge >= 0.3 is 0 Å². The second-order valence-electron chi connectivity index (χ2n) is 28.0. The lowest BCUT2D eigenvalue weighted by atomic mass is 9.95. The Kier molecular flexibility index (Phi) is 29.6. The van der Waals surface area contributed by atoms with Gasteiger partial charge in [0, 0.05) is 22.3 Å². The number of hydrogen-bond acceptors (Lipinski definition) is 0. The van der Waals surface area contributed by atoms with E-state index in [0.717, 1.165) is 6.42 Å². The molecule has 5 heteroatoms. The molecule has 550 valence electrons. The molecule has 0 N–H and O–H groups in total. The monoisotopic (exact) mass is 1530 g/mol. The highest BCUT2D eigenvalue weighted by Crippen LogP contribution is 2.41. The Labute approximate surface area is 673 Å². The molecule has 0 bridgehead atoms. The van der Waals surface area contributed by atoms with E-state index < -0.39 is 0 Å². The third-order valence-electron chi connectivity index (χ3n) is 19.6. The van der Waals surface area contributed by atoms with Crippen LogP contribution in [0.5, 0.6) is 0 Å². The number of aryl methyl sites for hydroxylation is 9. The molecule has 0 amide bonds. The van der Waals surface area contributed by atoms with Crippen LogP contribution in [0.15, 0.2) is 443 Å². The van der Waals surface area contributed by atoms with Crippen LogP contribution < -0.4 is 0 Å². The molecular formula is C105H105S5+5. The quantitative estimate of drug-likeness (QED) is 0.0846. The summed E-state index contributed by atoms with van der Waals surface area (Å²) in [6.45, 7) is 30.9. The van der Waals surface area contributed by atoms with E-state index in [1.807, 2.05) is 0 Å². The summed E-state index contributed by atoms with van der Waals surface area (Å²) >= 11 is 0. The fraction of sp³-hybridized carbons (Fsp3) is 0.143. The van der Waals surface area contributed by atoms with Gasteiger partial charge in [0.15, 0.2) is 73.4 Å². The Morgan fingerprint density at radius 2 is 0.336 bits per heavy atom. The molecule has 0 fully saturated rings. The highest BCUT2D eigenvalue weighted by atomic mass is 32.2. The van der Waals surface area contributed by atoms with E-state index >= 15 is 0 Å². The topological polar surface area (TPSA) is 0 Å². The molecule has 0 radical (unpaired) electrons. The fourth-order valence-corrected chi connectivity index (χ4v) is 24.4. The standard InChI is InChI=1S/C23H25S.2C21H21S.2C20H19S/c1-16-17(2)19(4)23(20(5)18(16)3)24(21-12-8-6-9-13-21)22-14-10-7-11-15-22;1-16-4-10-19(11-5-16)22(20-12-6-17(2)7-13-20)21-14-8-18(3)9-15-21;1-16-14-17(2)21(18(3)15-16)22(19-10-6-4-7-11-19)20-12-8-5-9-13-20;1-16-8-12-19(13-9-16)21(18-6-4-3-5-7-18)20-14-10-17(2)11-15-20;1-2-17-13-15-20(16-14-17)21(18-9-5-3-6-10-18)19-11-7-4-8-12-19/h6-15H,1-5H3;2*4-15H,1-3H3;3-15H,1-2H3;3-16H,2H2,1H3/q5*+1. The van der Waals surface area contributed by atoms with Crippen molar-refractivity contribution in [1.29, 1.82) is 0 Å². The lowest BCUT2D eigenvalue weighted by Gasteiger charge is -2.18. The predicted molar refractivity (Wildman–Crippen MR) is 478 cm³/mol. The minimum atomic E-state index is -0.0666. The zero-order valence-corrected chi connectivity index (χ0v) is 70.5. The molecule has 0 aliphatic carbocycles. The average Bonchev–Trinajstić information content (AvgIpc) is 0.771. The normalized spacial score (nSPS) is 10.9. The molecule has 15 rings (SSSR count). The summed E-state index contributed by atoms with van der Waals surface area (Å²) in [4.78, 5) is 20.8. The molecule has 0 aliphatic rings. The summed E-state index contributed by atoms with van der Waals surface area (Å²) in [6.07, 6.45) is 1.09. The zero-order valence-electron chi connectivity index (χ0n) is 66.5. The van der Waals surface area contributed by atoms with E-state index in [4.69, 9.17) is 0 Å². The summed E-state index contributed by atoms with van der Waals surface area (Å²) < 4.78 is 0. The Balaban J connectivity index is 0.000000136. The molecule has 0 heterocycles. The first kappa shape index (κ1) is 81.0. The van der Waals surface area contributed by atoms with Crippen LogP contribution in [0.4, 0.5) is 0 Å². The van der Waals surface area contributed by atoms with Crippen molar-refractivity contribution in [3.05, 3.63) is 448 Å². The minimum absolute atomic E-state index is 0.0249. The highest BCUT2D eigenvalue weighted by Gasteiger charge is 2.36. The third kappa shape index (κ3) is 21.3. The molecule has 0 aliphatic heterocycles. The van der Waals surface area contributed by atoms with E-state index in [2.05, 4.69) is 467 Å². The van der Waals surface area contributed by atoms with Crippen molar-refractivity contribution in [3.8, 4) is 0 Å². The predicted octanol–water partition coefficient (Wildman–Crippen LogP) is 28.5. The molecule has 0 saturated heterocycles. The second kappa shape index (κ2) is 40.1. The summed E-state index contributed by atoms with van der Waals surface area (Å²) in [6, 6.07) is 134. The summed E-state index contributed by atoms with van der Waals surface area (Å²) in [5.74, 6) is 0. The SMILES string of the molecule is CCc1ccc([S+](c2ccccc2)c2ccccc2)cc1.Cc1c(C)c(C)c([S+](c2ccccc2)c2ccccc2)c(C)c1C.Cc1cc(C)c([S+](c2ccccc2)c2ccccc2)c(C)c1.Cc1ccc([S+](c2ccc(C)cc2)c2ccc(C)cc2)cc1.Cc1ccc([S+](c2ccccc2)c2ccc(C)cc2)cc1. The van der Waals surface area contributed by atoms with Gasteiger partial charge in [-0.2, -0.15) is 0 Å². The molecule has 0 saturated carbocycles. The van der Waals surface area contributed by atoms with Gasteiger partial charge in [-0.1, -0.05) is 253 Å². The van der Waals surface area contributed by atoms with Crippen molar-refractivity contribution in [2.24, 2.45) is 0 Å². The highest BCUT2D eigenvalue weighted by molar-refractivity contribution is 7.98. The van der Waals surface area contributed by atoms with Gasteiger partial charge < -0.3 is 0 Å². The van der Waals surface area contributed by atoms with Crippen LogP contribution in [-0.4, -0.2) is 0 Å². The van der Waals surface area contributed by atoms with Gasteiger partial charge in [0.05, 0.1) is 54.5 Å². The van der Waals surface area contributed by atoms with E-state index in [-0.39, 0.29) is 54.5 Å². The molecule has 0 spiro atoms. The van der Waals surface area contributed by atoms with Crippen LogP contribution in [0.3, 0.4) is 0 Å². The van der Waals surface area contributed by atoms with Crippen molar-refractivity contribution in [2.75, 3.05) is 0 Å². The van der Waals surface area contributed by atoms with Crippen molar-refractivity contribution in [2.45, 2.75) is 177 Å². The summed E-state index contributed by atoms with van der Waals surface area (Å²) in [5.41, 5.74) is 19.2. The third-order valence-corrected chi connectivity index (χ3v) is 31.4. The van der Waals surface area contributed by atoms with Crippen molar-refractivity contribution >= 4 is 54.5 Å². The zero-order chi connectivity index (χ0) is 77.5. The first-order valence-electron chi connectivity index (χ1n) is 38.1. The Morgan fingerprint density at radius 3 is 0.545 bits per heavy atom. The first-order valence-corrected chi connectivity index (χ1v) is 44.2. The van der Waals surface area contributed by atoms with E-state index in [1.165, 1.54) is 151 Å². The molecule has 0 nitrogen and oxygen atoms in total. The van der Waals surface area contributed by atoms with E-state index in [9.17, 15) is 0 Å². The molecule has 110 heavy (non-hydrogen) atoms. The smallest absolute Gasteiger partial charge is 0.0619 e. The fourth-order valence-electron chi connectivity index (χ4n) is 13.4. The van der Waals surface area contributed by atoms with Crippen LogP contribution in [0.2, 0.25) is 0 Å². The van der Waals surface area contributed by atoms with Gasteiger partial charge in [-0.05, 0) is 276 Å². The number of hydrogen-bond donors (Lipinski definition) is 0. The average molecular weight is 1530 g/mol. The maximum Gasteiger partial charge on any atom is 0.172 e. The van der Waals surface area contributed by atoms with Crippen LogP contribution in [0.1, 0.15) is 84.8 Å². The maximum absolute atomic E-state index is 2.30. The largest absolute Gasteiger partial charge is 0.172 e. The molecule has 0 aromatic heterocycles. The lowest BCUT2D eigenvalue weighted by Crippen LogP contribution is -2.11. The van der Waals surface area contributed by atoms with Gasteiger partial charge in [-0.25, -0.2) is 0 Å². The summed E-state index contributed by atoms with van der Waals surface area (Å²) in [7, 11) is -0.208. The van der Waals surface area contributed by atoms with Crippen LogP contribution in [0, 0.1) is 90.0 Å². The van der Waals surface area contributed by atoms with Crippen molar-refractivity contribution in [1.82, 2.24) is 0 Å². The lowest BCUT2D eigenvalue weighted by molar-refractivity contribution is 1.08. The molecule has 0 atom stereocenters. The van der Waals surface area contributed by atoms with E-state index in [1.54, 1.807) is 0 Å². The Morgan fingerprint density at radius 1 is 0.164 bits per heavy atom. The van der Waals surface area contributed by atoms with Crippen LogP contribution in [-0.2, 0) is 60.9 Å². The number of benzene rings is 15. The molecular weight excluding hydrogens is 1420 g/mol.